The van der Waals surface area contributed by atoms with Gasteiger partial charge in [-0.25, -0.2) is 23.1 Å². The zero-order valence-corrected chi connectivity index (χ0v) is 21.8. The van der Waals surface area contributed by atoms with Gasteiger partial charge in [-0.3, -0.25) is 4.79 Å². The van der Waals surface area contributed by atoms with Crippen LogP contribution in [0.2, 0.25) is 0 Å². The van der Waals surface area contributed by atoms with Gasteiger partial charge < -0.3 is 10.1 Å². The number of carbonyl (C=O) groups excluding carboxylic acids is 1. The lowest BCUT2D eigenvalue weighted by atomic mass is 9.99. The van der Waals surface area contributed by atoms with E-state index in [4.69, 9.17) is 4.74 Å². The van der Waals surface area contributed by atoms with Gasteiger partial charge in [0.05, 0.1) is 9.37 Å². The second-order valence-corrected chi connectivity index (χ2v) is 10.5. The second-order valence-electron chi connectivity index (χ2n) is 7.94. The Morgan fingerprint density at radius 2 is 1.71 bits per heavy atom. The van der Waals surface area contributed by atoms with Crippen molar-refractivity contribution in [3.05, 3.63) is 70.0 Å². The molecule has 3 aromatic rings. The molecule has 0 radical (unpaired) electrons. The molecule has 0 aliphatic rings. The molecule has 180 valence electrons. The van der Waals surface area contributed by atoms with E-state index < -0.39 is 10.0 Å². The Labute approximate surface area is 208 Å². The second kappa shape index (κ2) is 11.0. The number of ether oxygens (including phenoxy) is 1. The number of benzene rings is 2. The summed E-state index contributed by atoms with van der Waals surface area (Å²) in [4.78, 5) is 20.5. The van der Waals surface area contributed by atoms with E-state index in [0.29, 0.717) is 28.7 Å². The Balaban J connectivity index is 1.59. The standard InChI is InChI=1S/C24H27BrN4O4S/c1-5-15(2)18-6-11-22(21(25)13-18)33-14-23(30)28-19-7-9-20(10-8-19)34(31,32)29-24-26-16(3)12-17(4)27-24/h6-13,15H,5,14H2,1-4H3,(H,28,30)(H,26,27,29). The summed E-state index contributed by atoms with van der Waals surface area (Å²) in [7, 11) is -3.87. The van der Waals surface area contributed by atoms with Crippen LogP contribution in [0, 0.1) is 13.8 Å². The Morgan fingerprint density at radius 1 is 1.06 bits per heavy atom. The molecule has 0 saturated heterocycles. The van der Waals surface area contributed by atoms with Gasteiger partial charge in [-0.05, 0) is 90.1 Å². The van der Waals surface area contributed by atoms with Crippen LogP contribution >= 0.6 is 15.9 Å². The molecule has 0 aliphatic heterocycles. The minimum Gasteiger partial charge on any atom is -0.483 e. The number of hydrogen-bond donors (Lipinski definition) is 2. The smallest absolute Gasteiger partial charge is 0.264 e. The van der Waals surface area contributed by atoms with Crippen LogP contribution in [-0.4, -0.2) is 30.9 Å². The molecule has 1 unspecified atom stereocenters. The molecule has 8 nitrogen and oxygen atoms in total. The van der Waals surface area contributed by atoms with Crippen LogP contribution in [0.1, 0.15) is 43.1 Å². The van der Waals surface area contributed by atoms with E-state index >= 15 is 0 Å². The van der Waals surface area contributed by atoms with Crippen LogP contribution in [0.5, 0.6) is 5.75 Å². The molecule has 0 bridgehead atoms. The van der Waals surface area contributed by atoms with Gasteiger partial charge >= 0.3 is 0 Å². The number of halogens is 1. The van der Waals surface area contributed by atoms with Crippen LogP contribution in [-0.2, 0) is 14.8 Å². The van der Waals surface area contributed by atoms with Crippen molar-refractivity contribution < 1.29 is 17.9 Å². The molecule has 34 heavy (non-hydrogen) atoms. The van der Waals surface area contributed by atoms with Gasteiger partial charge in [0.15, 0.2) is 6.61 Å². The third-order valence-electron chi connectivity index (χ3n) is 5.15. The Morgan fingerprint density at radius 3 is 2.29 bits per heavy atom. The van der Waals surface area contributed by atoms with Crippen molar-refractivity contribution >= 4 is 43.5 Å². The summed E-state index contributed by atoms with van der Waals surface area (Å²) >= 11 is 3.49. The van der Waals surface area contributed by atoms with Gasteiger partial charge in [0, 0.05) is 17.1 Å². The summed E-state index contributed by atoms with van der Waals surface area (Å²) in [5.74, 6) is 0.651. The summed E-state index contributed by atoms with van der Waals surface area (Å²) in [5.41, 5.74) is 2.95. The van der Waals surface area contributed by atoms with Crippen LogP contribution in [0.4, 0.5) is 11.6 Å². The number of aryl methyl sites for hydroxylation is 2. The number of hydrogen-bond acceptors (Lipinski definition) is 6. The predicted molar refractivity (Wildman–Crippen MR) is 136 cm³/mol. The number of rotatable bonds is 9. The Bertz CT molecular complexity index is 1260. The molecule has 0 spiro atoms. The highest BCUT2D eigenvalue weighted by Crippen LogP contribution is 2.30. The zero-order valence-electron chi connectivity index (χ0n) is 19.4. The number of nitrogens with one attached hydrogen (secondary N) is 2. The van der Waals surface area contributed by atoms with E-state index in [-0.39, 0.29) is 23.4 Å². The highest BCUT2D eigenvalue weighted by atomic mass is 79.9. The van der Waals surface area contributed by atoms with Gasteiger partial charge in [-0.1, -0.05) is 19.9 Å². The number of anilines is 2. The van der Waals surface area contributed by atoms with Crippen LogP contribution in [0.15, 0.2) is 57.9 Å². The summed E-state index contributed by atoms with van der Waals surface area (Å²) in [6.45, 7) is 7.61. The average molecular weight is 547 g/mol. The fourth-order valence-electron chi connectivity index (χ4n) is 3.18. The van der Waals surface area contributed by atoms with Crippen LogP contribution in [0.25, 0.3) is 0 Å². The van der Waals surface area contributed by atoms with E-state index in [1.165, 1.54) is 29.8 Å². The molecule has 0 aliphatic carbocycles. The largest absolute Gasteiger partial charge is 0.483 e. The van der Waals surface area contributed by atoms with Crippen LogP contribution in [0.3, 0.4) is 0 Å². The number of nitrogens with zero attached hydrogens (tertiary/aromatic N) is 2. The average Bonchev–Trinajstić information content (AvgIpc) is 2.77. The first kappa shape index (κ1) is 25.6. The quantitative estimate of drug-likeness (QED) is 0.382. The monoisotopic (exact) mass is 546 g/mol. The summed E-state index contributed by atoms with van der Waals surface area (Å²) < 4.78 is 34.0. The molecular weight excluding hydrogens is 520 g/mol. The molecule has 0 saturated carbocycles. The molecule has 1 amide bonds. The molecule has 1 heterocycles. The molecule has 10 heteroatoms. The van der Waals surface area contributed by atoms with Crippen molar-refractivity contribution in [3.63, 3.8) is 0 Å². The number of sulfonamides is 1. The van der Waals surface area contributed by atoms with Crippen molar-refractivity contribution in [3.8, 4) is 5.75 Å². The summed E-state index contributed by atoms with van der Waals surface area (Å²) in [5, 5.41) is 2.69. The first-order valence-electron chi connectivity index (χ1n) is 10.7. The fourth-order valence-corrected chi connectivity index (χ4v) is 4.64. The predicted octanol–water partition coefficient (Wildman–Crippen LogP) is 5.19. The summed E-state index contributed by atoms with van der Waals surface area (Å²) in [6, 6.07) is 13.4. The number of aromatic nitrogens is 2. The molecular formula is C24H27BrN4O4S. The lowest BCUT2D eigenvalue weighted by molar-refractivity contribution is -0.118. The highest BCUT2D eigenvalue weighted by molar-refractivity contribution is 9.10. The van der Waals surface area contributed by atoms with Gasteiger partial charge in [-0.2, -0.15) is 0 Å². The maximum atomic E-state index is 12.6. The molecule has 2 N–H and O–H groups in total. The first-order valence-corrected chi connectivity index (χ1v) is 13.0. The number of carbonyl (C=O) groups is 1. The highest BCUT2D eigenvalue weighted by Gasteiger charge is 2.16. The maximum Gasteiger partial charge on any atom is 0.264 e. The molecule has 1 aromatic heterocycles. The Kier molecular flexibility index (Phi) is 8.27. The maximum absolute atomic E-state index is 12.6. The van der Waals surface area contributed by atoms with Gasteiger partial charge in [0.2, 0.25) is 5.95 Å². The zero-order chi connectivity index (χ0) is 24.9. The molecule has 2 aromatic carbocycles. The van der Waals surface area contributed by atoms with E-state index in [1.807, 2.05) is 18.2 Å². The van der Waals surface area contributed by atoms with Gasteiger partial charge in [-0.15, -0.1) is 0 Å². The van der Waals surface area contributed by atoms with Crippen molar-refractivity contribution in [1.29, 1.82) is 0 Å². The molecule has 0 fully saturated rings. The van der Waals surface area contributed by atoms with Crippen LogP contribution < -0.4 is 14.8 Å². The van der Waals surface area contributed by atoms with E-state index in [2.05, 4.69) is 49.8 Å². The number of amides is 1. The fraction of sp³-hybridized carbons (Fsp3) is 0.292. The first-order chi connectivity index (χ1) is 16.1. The Hall–Kier alpha value is -2.98. The van der Waals surface area contributed by atoms with Gasteiger partial charge in [0.25, 0.3) is 15.9 Å². The van der Waals surface area contributed by atoms with Crippen molar-refractivity contribution in [2.75, 3.05) is 16.6 Å². The SMILES string of the molecule is CCC(C)c1ccc(OCC(=O)Nc2ccc(S(=O)(=O)Nc3nc(C)cc(C)n3)cc2)c(Br)c1. The normalized spacial score (nSPS) is 12.1. The molecule has 3 rings (SSSR count). The minimum absolute atomic E-state index is 0.00960. The summed E-state index contributed by atoms with van der Waals surface area (Å²) in [6.07, 6.45) is 1.03. The molecule has 1 atom stereocenters. The van der Waals surface area contributed by atoms with E-state index in [1.54, 1.807) is 19.9 Å². The minimum atomic E-state index is -3.87. The van der Waals surface area contributed by atoms with Crippen molar-refractivity contribution in [2.24, 2.45) is 0 Å². The lowest BCUT2D eigenvalue weighted by Crippen LogP contribution is -2.20. The lowest BCUT2D eigenvalue weighted by Gasteiger charge is -2.13. The van der Waals surface area contributed by atoms with Gasteiger partial charge in [0.1, 0.15) is 5.75 Å². The van der Waals surface area contributed by atoms with E-state index in [0.717, 1.165) is 10.9 Å². The van der Waals surface area contributed by atoms with E-state index in [9.17, 15) is 13.2 Å². The van der Waals surface area contributed by atoms with Crippen molar-refractivity contribution in [2.45, 2.75) is 44.9 Å². The third kappa shape index (κ3) is 6.77. The topological polar surface area (TPSA) is 110 Å². The van der Waals surface area contributed by atoms with Crippen molar-refractivity contribution in [1.82, 2.24) is 9.97 Å². The third-order valence-corrected chi connectivity index (χ3v) is 7.12.